The van der Waals surface area contributed by atoms with Crippen molar-refractivity contribution in [3.05, 3.63) is 12.3 Å². The van der Waals surface area contributed by atoms with E-state index in [9.17, 15) is 9.59 Å². The number of hydrogen-bond donors (Lipinski definition) is 1. The largest absolute Gasteiger partial charge is 0.497 e. The minimum Gasteiger partial charge on any atom is -0.497 e. The van der Waals surface area contributed by atoms with E-state index in [1.54, 1.807) is 20.8 Å². The molecule has 0 aromatic heterocycles. The highest BCUT2D eigenvalue weighted by Crippen LogP contribution is 2.12. The van der Waals surface area contributed by atoms with Crippen molar-refractivity contribution in [2.75, 3.05) is 6.61 Å². The molecule has 1 unspecified atom stereocenters. The predicted molar refractivity (Wildman–Crippen MR) is 76.0 cm³/mol. The van der Waals surface area contributed by atoms with Gasteiger partial charge in [0.2, 0.25) is 0 Å². The maximum atomic E-state index is 11.7. The second-order valence-corrected chi connectivity index (χ2v) is 5.34. The number of amides is 1. The molecule has 0 aliphatic heterocycles. The second-order valence-electron chi connectivity index (χ2n) is 5.34. The fourth-order valence-electron chi connectivity index (χ4n) is 1.40. The topological polar surface area (TPSA) is 64.6 Å². The number of alkyl carbamates (subject to hydrolysis) is 1. The van der Waals surface area contributed by atoms with Crippen LogP contribution in [0.2, 0.25) is 0 Å². The van der Waals surface area contributed by atoms with Gasteiger partial charge in [-0.25, -0.2) is 4.79 Å². The van der Waals surface area contributed by atoms with Gasteiger partial charge in [-0.15, -0.1) is 0 Å². The summed E-state index contributed by atoms with van der Waals surface area (Å²) in [5.41, 5.74) is -0.567. The molecule has 0 aromatic carbocycles. The van der Waals surface area contributed by atoms with Gasteiger partial charge in [-0.1, -0.05) is 6.58 Å². The molecule has 1 amide bonds. The molecule has 0 aliphatic carbocycles. The molecule has 112 valence electrons. The number of ketones is 1. The lowest BCUT2D eigenvalue weighted by Gasteiger charge is -2.24. The number of ether oxygens (including phenoxy) is 2. The molecule has 5 heteroatoms. The average Bonchev–Trinajstić information content (AvgIpc) is 2.21. The van der Waals surface area contributed by atoms with Gasteiger partial charge in [0.25, 0.3) is 0 Å². The molecule has 0 fully saturated rings. The van der Waals surface area contributed by atoms with Gasteiger partial charge >= 0.3 is 6.09 Å². The van der Waals surface area contributed by atoms with Gasteiger partial charge in [0, 0.05) is 7.85 Å². The van der Waals surface area contributed by atoms with Gasteiger partial charge in [-0.2, -0.15) is 0 Å². The molecule has 19 heavy (non-hydrogen) atoms. The van der Waals surface area contributed by atoms with Gasteiger partial charge in [0.1, 0.15) is 17.1 Å². The Balaban J connectivity index is 0. The molecule has 0 saturated heterocycles. The highest BCUT2D eigenvalue weighted by atomic mass is 16.6. The summed E-state index contributed by atoms with van der Waals surface area (Å²) in [6.07, 6.45) is 0.266. The Labute approximate surface area is 116 Å². The lowest BCUT2D eigenvalue weighted by atomic mass is 10.1. The van der Waals surface area contributed by atoms with Gasteiger partial charge in [-0.3, -0.25) is 0 Å². The van der Waals surface area contributed by atoms with E-state index in [2.05, 4.69) is 11.9 Å². The maximum Gasteiger partial charge on any atom is 0.408 e. The number of carbonyl (C=O) groups excluding carboxylic acids is 2. The summed E-state index contributed by atoms with van der Waals surface area (Å²) in [5.74, 6) is 0.495. The Morgan fingerprint density at radius 1 is 1.37 bits per heavy atom. The van der Waals surface area contributed by atoms with Crippen LogP contribution in [0, 0.1) is 0 Å². The number of carbonyl (C=O) groups is 2. The SMILES string of the molecule is C=C(OCC)C(CCC(C)=O)NC(=O)OC(C)(C)C.[HH]. The lowest BCUT2D eigenvalue weighted by molar-refractivity contribution is -0.117. The fourth-order valence-corrected chi connectivity index (χ4v) is 1.40. The summed E-state index contributed by atoms with van der Waals surface area (Å²) in [4.78, 5) is 22.7. The summed E-state index contributed by atoms with van der Waals surface area (Å²) < 4.78 is 10.5. The van der Waals surface area contributed by atoms with Crippen LogP contribution in [-0.4, -0.2) is 30.1 Å². The van der Waals surface area contributed by atoms with Crippen molar-refractivity contribution in [1.82, 2.24) is 5.32 Å². The van der Waals surface area contributed by atoms with Crippen LogP contribution in [0.4, 0.5) is 4.79 Å². The summed E-state index contributed by atoms with van der Waals surface area (Å²) in [5, 5.41) is 2.68. The highest BCUT2D eigenvalue weighted by molar-refractivity contribution is 5.75. The van der Waals surface area contributed by atoms with E-state index in [1.807, 2.05) is 6.92 Å². The first-order valence-electron chi connectivity index (χ1n) is 6.46. The predicted octanol–water partition coefficient (Wildman–Crippen LogP) is 3.05. The van der Waals surface area contributed by atoms with Gasteiger partial charge < -0.3 is 19.6 Å². The molecular weight excluding hydrogens is 246 g/mol. The first-order valence-corrected chi connectivity index (χ1v) is 6.46. The number of hydrogen-bond acceptors (Lipinski definition) is 4. The van der Waals surface area contributed by atoms with E-state index in [0.717, 1.165) is 0 Å². The fraction of sp³-hybridized carbons (Fsp3) is 0.714. The molecule has 0 heterocycles. The van der Waals surface area contributed by atoms with Crippen molar-refractivity contribution < 1.29 is 20.5 Å². The molecule has 0 radical (unpaired) electrons. The zero-order valence-corrected chi connectivity index (χ0v) is 12.5. The quantitative estimate of drug-likeness (QED) is 0.724. The molecule has 0 spiro atoms. The Morgan fingerprint density at radius 2 is 1.95 bits per heavy atom. The van der Waals surface area contributed by atoms with Gasteiger partial charge in [0.15, 0.2) is 0 Å². The van der Waals surface area contributed by atoms with Gasteiger partial charge in [0.05, 0.1) is 12.6 Å². The van der Waals surface area contributed by atoms with Crippen molar-refractivity contribution in [2.24, 2.45) is 0 Å². The van der Waals surface area contributed by atoms with Crippen LogP contribution in [0.3, 0.4) is 0 Å². The van der Waals surface area contributed by atoms with Crippen LogP contribution < -0.4 is 5.32 Å². The Hall–Kier alpha value is -1.52. The molecule has 0 aromatic rings. The summed E-state index contributed by atoms with van der Waals surface area (Å²) in [7, 11) is 0. The van der Waals surface area contributed by atoms with E-state index >= 15 is 0 Å². The van der Waals surface area contributed by atoms with Crippen LogP contribution in [0.5, 0.6) is 0 Å². The third-order valence-electron chi connectivity index (χ3n) is 2.19. The van der Waals surface area contributed by atoms with E-state index in [4.69, 9.17) is 9.47 Å². The summed E-state index contributed by atoms with van der Waals surface area (Å²) in [6.45, 7) is 12.9. The minimum absolute atomic E-state index is 0. The average molecular weight is 273 g/mol. The van der Waals surface area contributed by atoms with Crippen molar-refractivity contribution in [3.63, 3.8) is 0 Å². The summed E-state index contributed by atoms with van der Waals surface area (Å²) in [6, 6.07) is -0.418. The first-order chi connectivity index (χ1) is 8.65. The van der Waals surface area contributed by atoms with Crippen LogP contribution >= 0.6 is 0 Å². The Kier molecular flexibility index (Phi) is 7.19. The Morgan fingerprint density at radius 3 is 2.37 bits per heavy atom. The van der Waals surface area contributed by atoms with E-state index in [-0.39, 0.29) is 7.21 Å². The number of rotatable bonds is 7. The molecule has 0 saturated carbocycles. The van der Waals surface area contributed by atoms with E-state index in [1.165, 1.54) is 6.92 Å². The third kappa shape index (κ3) is 9.11. The molecule has 1 N–H and O–H groups in total. The van der Waals surface area contributed by atoms with Crippen LogP contribution in [-0.2, 0) is 14.3 Å². The molecular formula is C14H27NO4. The van der Waals surface area contributed by atoms with Gasteiger partial charge in [-0.05, 0) is 41.0 Å². The van der Waals surface area contributed by atoms with Crippen molar-refractivity contribution in [3.8, 4) is 0 Å². The van der Waals surface area contributed by atoms with Crippen LogP contribution in [0.15, 0.2) is 12.3 Å². The monoisotopic (exact) mass is 273 g/mol. The van der Waals surface area contributed by atoms with Crippen molar-refractivity contribution in [1.29, 1.82) is 0 Å². The molecule has 0 bridgehead atoms. The zero-order valence-electron chi connectivity index (χ0n) is 12.5. The number of Topliss-reactive ketones (excluding diaryl/α,β-unsaturated/α-hetero) is 1. The molecule has 1 atom stereocenters. The second kappa shape index (κ2) is 7.81. The summed E-state index contributed by atoms with van der Waals surface area (Å²) >= 11 is 0. The number of nitrogens with one attached hydrogen (secondary N) is 1. The molecule has 5 nitrogen and oxygen atoms in total. The van der Waals surface area contributed by atoms with Crippen LogP contribution in [0.1, 0.15) is 48.9 Å². The molecule has 0 rings (SSSR count). The normalized spacial score (nSPS) is 12.5. The highest BCUT2D eigenvalue weighted by Gasteiger charge is 2.22. The van der Waals surface area contributed by atoms with E-state index in [0.29, 0.717) is 25.2 Å². The third-order valence-corrected chi connectivity index (χ3v) is 2.19. The smallest absolute Gasteiger partial charge is 0.408 e. The van der Waals surface area contributed by atoms with Crippen LogP contribution in [0.25, 0.3) is 0 Å². The first kappa shape index (κ1) is 17.5. The molecule has 0 aliphatic rings. The Bertz CT molecular complexity index is 337. The lowest BCUT2D eigenvalue weighted by Crippen LogP contribution is -2.40. The maximum absolute atomic E-state index is 11.7. The van der Waals surface area contributed by atoms with E-state index < -0.39 is 17.7 Å². The minimum atomic E-state index is -0.567. The van der Waals surface area contributed by atoms with Crippen molar-refractivity contribution in [2.45, 2.75) is 59.1 Å². The van der Waals surface area contributed by atoms with Crippen molar-refractivity contribution >= 4 is 11.9 Å². The zero-order chi connectivity index (χ0) is 15.1. The standard InChI is InChI=1S/C14H25NO4.H2/c1-7-18-11(3)12(9-8-10(2)16)15-13(17)19-14(4,5)6;/h12H,3,7-9H2,1-2,4-6H3,(H,15,17);1H.